The number of rotatable bonds is 14. The molecule has 2 atom stereocenters. The number of anilines is 4. The van der Waals surface area contributed by atoms with Gasteiger partial charge in [-0.05, 0) is 122 Å². The third kappa shape index (κ3) is 10.8. The Morgan fingerprint density at radius 2 is 0.940 bits per heavy atom. The fourth-order valence-electron chi connectivity index (χ4n) is 12.0. The van der Waals surface area contributed by atoms with Crippen molar-refractivity contribution in [2.24, 2.45) is 14.1 Å². The first kappa shape index (κ1) is 57.5. The van der Waals surface area contributed by atoms with Crippen LogP contribution in [0.15, 0.2) is 130 Å². The second kappa shape index (κ2) is 22.7. The lowest BCUT2D eigenvalue weighted by Gasteiger charge is -2.35. The number of Topliss-reactive ketones (excluding diaryl/α,β-unsaturated/α-hetero) is 2. The van der Waals surface area contributed by atoms with Crippen LogP contribution in [0.5, 0.6) is 0 Å². The van der Waals surface area contributed by atoms with Gasteiger partial charge in [0.1, 0.15) is 34.3 Å². The summed E-state index contributed by atoms with van der Waals surface area (Å²) in [5.41, 5.74) is 9.44. The van der Waals surface area contributed by atoms with Crippen LogP contribution in [-0.4, -0.2) is 100 Å². The van der Waals surface area contributed by atoms with Gasteiger partial charge in [0.25, 0.3) is 0 Å². The molecule has 2 saturated heterocycles. The van der Waals surface area contributed by atoms with E-state index in [2.05, 4.69) is 18.9 Å². The van der Waals surface area contributed by atoms with Gasteiger partial charge in [-0.2, -0.15) is 0 Å². The summed E-state index contributed by atoms with van der Waals surface area (Å²) in [6.45, 7) is 6.50. The molecule has 436 valence electrons. The topological polar surface area (TPSA) is 177 Å². The van der Waals surface area contributed by atoms with Crippen LogP contribution >= 0.6 is 0 Å². The molecule has 0 amide bonds. The van der Waals surface area contributed by atoms with Crippen LogP contribution in [0.2, 0.25) is 0 Å². The molecule has 6 aromatic carbocycles. The SMILES string of the molecule is CCC(=O)c1c(-c2ccc(F)cc2)oc2cc(N(C)S(C)(=O)=O)c([C@@H]3CCCN(c4nc5ccccc5n4C)C3)cc12.CCC(=O)c1c(-c2ccc(F)cc2)oc2cc(N(C)S(C)(=O)=O)c([C@H]3CCCN(c4nc5ccccc5n4C)C3)cc12. The number of aryl methyl sites for hydroxylation is 2. The van der Waals surface area contributed by atoms with E-state index in [9.17, 15) is 35.2 Å². The smallest absolute Gasteiger partial charge is 0.232 e. The minimum atomic E-state index is -3.60. The summed E-state index contributed by atoms with van der Waals surface area (Å²) in [6, 6.07) is 35.0. The van der Waals surface area contributed by atoms with Gasteiger partial charge in [-0.25, -0.2) is 35.6 Å². The number of aromatic nitrogens is 4. The summed E-state index contributed by atoms with van der Waals surface area (Å²) >= 11 is 0. The van der Waals surface area contributed by atoms with E-state index in [1.54, 1.807) is 50.2 Å². The maximum Gasteiger partial charge on any atom is 0.232 e. The van der Waals surface area contributed by atoms with Crippen molar-refractivity contribution in [3.05, 3.63) is 155 Å². The van der Waals surface area contributed by atoms with E-state index in [1.165, 1.54) is 59.5 Å². The van der Waals surface area contributed by atoms with Crippen molar-refractivity contribution in [1.82, 2.24) is 19.1 Å². The second-order valence-corrected chi connectivity index (χ2v) is 26.0. The molecular formula is C64H66F2N8O8S2. The van der Waals surface area contributed by atoms with E-state index >= 15 is 0 Å². The number of hydrogen-bond acceptors (Lipinski definition) is 12. The predicted octanol–water partition coefficient (Wildman–Crippen LogP) is 13.0. The molecule has 2 aliphatic rings. The molecule has 6 heterocycles. The molecule has 10 aromatic rings. The molecule has 0 unspecified atom stereocenters. The lowest BCUT2D eigenvalue weighted by molar-refractivity contribution is 0.0981. The Hall–Kier alpha value is -8.36. The summed E-state index contributed by atoms with van der Waals surface area (Å²) < 4.78 is 97.8. The van der Waals surface area contributed by atoms with Gasteiger partial charge >= 0.3 is 0 Å². The zero-order chi connectivity index (χ0) is 59.5. The summed E-state index contributed by atoms with van der Waals surface area (Å²) in [6.07, 6.45) is 6.33. The Bertz CT molecular complexity index is 4140. The highest BCUT2D eigenvalue weighted by molar-refractivity contribution is 7.92. The fourth-order valence-corrected chi connectivity index (χ4v) is 13.1. The molecular weight excluding hydrogens is 1110 g/mol. The summed E-state index contributed by atoms with van der Waals surface area (Å²) in [7, 11) is -0.119. The first-order chi connectivity index (χ1) is 40.1. The van der Waals surface area contributed by atoms with Crippen molar-refractivity contribution in [2.45, 2.75) is 64.2 Å². The first-order valence-corrected chi connectivity index (χ1v) is 31.8. The highest BCUT2D eigenvalue weighted by Gasteiger charge is 2.34. The van der Waals surface area contributed by atoms with Crippen molar-refractivity contribution in [1.29, 1.82) is 0 Å². The van der Waals surface area contributed by atoms with Crippen molar-refractivity contribution < 1.29 is 44.0 Å². The summed E-state index contributed by atoms with van der Waals surface area (Å²) in [5.74, 6) is 1.39. The molecule has 0 aliphatic carbocycles. The largest absolute Gasteiger partial charge is 0.455 e. The number of benzene rings is 6. The number of fused-ring (bicyclic) bond motifs is 4. The van der Waals surface area contributed by atoms with Crippen molar-refractivity contribution in [3.8, 4) is 22.6 Å². The van der Waals surface area contributed by atoms with E-state index in [0.29, 0.717) is 80.2 Å². The molecule has 20 heteroatoms. The average Bonchev–Trinajstić information content (AvgIpc) is 3.40. The summed E-state index contributed by atoms with van der Waals surface area (Å²) in [5, 5.41) is 1.25. The number of hydrogen-bond donors (Lipinski definition) is 0. The number of imidazole rings is 2. The van der Waals surface area contributed by atoms with Gasteiger partial charge < -0.3 is 27.8 Å². The highest BCUT2D eigenvalue weighted by atomic mass is 32.2. The van der Waals surface area contributed by atoms with E-state index in [4.69, 9.17) is 18.8 Å². The Morgan fingerprint density at radius 1 is 0.571 bits per heavy atom. The number of nitrogens with zero attached hydrogens (tertiary/aromatic N) is 8. The standard InChI is InChI=1S/2C32H33FN4O4S/c2*1-5-28(38)30-24-17-23(21-9-8-16-37(19-21)32-34-25-10-6-7-11-26(25)35(32)2)27(36(3)42(4,39)40)18-29(24)41-31(30)20-12-14-22(33)15-13-20/h2*6-7,10-15,17-18,21H,5,8-9,16,19H2,1-4H3/t2*21-/m10/s1. The molecule has 2 fully saturated rings. The molecule has 2 aliphatic heterocycles. The molecule has 84 heavy (non-hydrogen) atoms. The van der Waals surface area contributed by atoms with Crippen LogP contribution in [0.4, 0.5) is 32.1 Å². The third-order valence-corrected chi connectivity index (χ3v) is 19.0. The van der Waals surface area contributed by atoms with Gasteiger partial charge in [0.2, 0.25) is 31.9 Å². The number of carbonyl (C=O) groups is 2. The molecule has 0 radical (unpaired) electrons. The van der Waals surface area contributed by atoms with Gasteiger partial charge in [-0.1, -0.05) is 38.1 Å². The second-order valence-electron chi connectivity index (χ2n) is 21.9. The minimum absolute atomic E-state index is 0.0316. The molecule has 0 bridgehead atoms. The highest BCUT2D eigenvalue weighted by Crippen LogP contribution is 2.45. The Labute approximate surface area is 487 Å². The van der Waals surface area contributed by atoms with Crippen LogP contribution in [-0.2, 0) is 34.1 Å². The Balaban J connectivity index is 0.000000175. The van der Waals surface area contributed by atoms with Gasteiger partial charge in [0.15, 0.2) is 11.6 Å². The van der Waals surface area contributed by atoms with Crippen molar-refractivity contribution in [3.63, 3.8) is 0 Å². The van der Waals surface area contributed by atoms with Crippen molar-refractivity contribution in [2.75, 3.05) is 71.2 Å². The molecule has 4 aromatic heterocycles. The number of furan rings is 2. The Morgan fingerprint density at radius 3 is 1.29 bits per heavy atom. The van der Waals surface area contributed by atoms with Crippen LogP contribution < -0.4 is 18.4 Å². The molecule has 16 nitrogen and oxygen atoms in total. The van der Waals surface area contributed by atoms with Crippen LogP contribution in [0, 0.1) is 11.6 Å². The van der Waals surface area contributed by atoms with Crippen molar-refractivity contribution >= 4 is 98.9 Å². The lowest BCUT2D eigenvalue weighted by atomic mass is 9.88. The maximum atomic E-state index is 13.7. The molecule has 12 rings (SSSR count). The monoisotopic (exact) mass is 1180 g/mol. The van der Waals surface area contributed by atoms with Gasteiger partial charge in [0.05, 0.1) is 57.1 Å². The number of para-hydroxylation sites is 4. The molecule has 0 spiro atoms. The van der Waals surface area contributed by atoms with Crippen LogP contribution in [0.1, 0.15) is 96.1 Å². The van der Waals surface area contributed by atoms with Crippen LogP contribution in [0.3, 0.4) is 0 Å². The van der Waals surface area contributed by atoms with Gasteiger partial charge in [-0.15, -0.1) is 0 Å². The predicted molar refractivity (Wildman–Crippen MR) is 329 cm³/mol. The summed E-state index contributed by atoms with van der Waals surface area (Å²) in [4.78, 5) is 40.9. The minimum Gasteiger partial charge on any atom is -0.455 e. The van der Waals surface area contributed by atoms with E-state index in [-0.39, 0.29) is 47.9 Å². The zero-order valence-corrected chi connectivity index (χ0v) is 49.8. The number of sulfonamides is 2. The molecule has 0 N–H and O–H groups in total. The normalized spacial score (nSPS) is 15.9. The van der Waals surface area contributed by atoms with E-state index in [0.717, 1.165) is 83.9 Å². The van der Waals surface area contributed by atoms with Crippen LogP contribution in [0.25, 0.3) is 66.7 Å². The third-order valence-electron chi connectivity index (χ3n) is 16.6. The maximum absolute atomic E-state index is 13.7. The number of ketones is 2. The fraction of sp³-hybridized carbons (Fsp3) is 0.312. The average molecular weight is 1180 g/mol. The zero-order valence-electron chi connectivity index (χ0n) is 48.2. The number of halogens is 2. The lowest BCUT2D eigenvalue weighted by Crippen LogP contribution is -2.37. The first-order valence-electron chi connectivity index (χ1n) is 28.1. The Kier molecular flexibility index (Phi) is 15.5. The molecule has 0 saturated carbocycles. The number of piperidine rings is 2. The number of carbonyl (C=O) groups excluding carboxylic acids is 2. The van der Waals surface area contributed by atoms with E-state index < -0.39 is 20.0 Å². The quantitative estimate of drug-likeness (QED) is 0.0943. The van der Waals surface area contributed by atoms with Gasteiger partial charge in [-0.3, -0.25) is 18.2 Å². The van der Waals surface area contributed by atoms with Gasteiger partial charge in [0, 0.05) is 113 Å². The van der Waals surface area contributed by atoms with E-state index in [1.807, 2.05) is 74.8 Å².